The first-order valence-electron chi connectivity index (χ1n) is 5.88. The number of carbonyl (C=O) groups excluding carboxylic acids is 1. The predicted octanol–water partition coefficient (Wildman–Crippen LogP) is 1.66. The van der Waals surface area contributed by atoms with E-state index in [0.717, 1.165) is 12.8 Å². The van der Waals surface area contributed by atoms with Gasteiger partial charge in [-0.05, 0) is 44.0 Å². The van der Waals surface area contributed by atoms with Crippen molar-refractivity contribution in [1.29, 1.82) is 0 Å². The van der Waals surface area contributed by atoms with Crippen LogP contribution in [0.1, 0.15) is 19.8 Å². The SMILES string of the molecule is CC(Oc1ccc(S(=O)(=O)Cl)cc1)C(=O)NC1CC1. The zero-order chi connectivity index (χ0) is 14.0. The Hall–Kier alpha value is -1.27. The van der Waals surface area contributed by atoms with Gasteiger partial charge in [0.1, 0.15) is 5.75 Å². The van der Waals surface area contributed by atoms with Crippen LogP contribution in [0.3, 0.4) is 0 Å². The second-order valence-corrected chi connectivity index (χ2v) is 7.02. The third-order valence-electron chi connectivity index (χ3n) is 2.71. The standard InChI is InChI=1S/C12H14ClNO4S/c1-8(12(15)14-9-2-3-9)18-10-4-6-11(7-5-10)19(13,16)17/h4-9H,2-3H2,1H3,(H,14,15). The number of rotatable bonds is 5. The molecule has 0 bridgehead atoms. The molecule has 1 saturated carbocycles. The summed E-state index contributed by atoms with van der Waals surface area (Å²) < 4.78 is 27.5. The van der Waals surface area contributed by atoms with Gasteiger partial charge in [0.2, 0.25) is 0 Å². The van der Waals surface area contributed by atoms with Crippen LogP contribution >= 0.6 is 10.7 Å². The van der Waals surface area contributed by atoms with E-state index in [1.165, 1.54) is 24.3 Å². The number of amides is 1. The molecule has 0 saturated heterocycles. The molecule has 1 atom stereocenters. The minimum absolute atomic E-state index is 0.00315. The highest BCUT2D eigenvalue weighted by molar-refractivity contribution is 8.13. The van der Waals surface area contributed by atoms with E-state index >= 15 is 0 Å². The highest BCUT2D eigenvalue weighted by atomic mass is 35.7. The highest BCUT2D eigenvalue weighted by Gasteiger charge is 2.26. The van der Waals surface area contributed by atoms with Gasteiger partial charge in [0.15, 0.2) is 6.10 Å². The quantitative estimate of drug-likeness (QED) is 0.840. The number of benzene rings is 1. The summed E-state index contributed by atoms with van der Waals surface area (Å²) in [6.07, 6.45) is 1.40. The molecule has 1 aliphatic rings. The molecule has 1 unspecified atom stereocenters. The second kappa shape index (κ2) is 5.38. The van der Waals surface area contributed by atoms with Gasteiger partial charge in [0, 0.05) is 16.7 Å². The van der Waals surface area contributed by atoms with Crippen molar-refractivity contribution in [2.75, 3.05) is 0 Å². The summed E-state index contributed by atoms with van der Waals surface area (Å²) in [6.45, 7) is 1.64. The van der Waals surface area contributed by atoms with Crippen LogP contribution in [0.25, 0.3) is 0 Å². The van der Waals surface area contributed by atoms with Crippen molar-refractivity contribution in [1.82, 2.24) is 5.32 Å². The fourth-order valence-corrected chi connectivity index (χ4v) is 2.25. The number of ether oxygens (including phenoxy) is 1. The van der Waals surface area contributed by atoms with Crippen LogP contribution in [-0.4, -0.2) is 26.5 Å². The first kappa shape index (κ1) is 14.1. The van der Waals surface area contributed by atoms with E-state index in [4.69, 9.17) is 15.4 Å². The summed E-state index contributed by atoms with van der Waals surface area (Å²) in [7, 11) is 1.46. The van der Waals surface area contributed by atoms with Crippen LogP contribution in [0, 0.1) is 0 Å². The fraction of sp³-hybridized carbons (Fsp3) is 0.417. The first-order chi connectivity index (χ1) is 8.86. The van der Waals surface area contributed by atoms with Crippen LogP contribution in [0.4, 0.5) is 0 Å². The minimum atomic E-state index is -3.73. The normalized spacial score (nSPS) is 16.7. The van der Waals surface area contributed by atoms with Gasteiger partial charge in [-0.1, -0.05) is 0 Å². The van der Waals surface area contributed by atoms with Crippen LogP contribution in [0.2, 0.25) is 0 Å². The van der Waals surface area contributed by atoms with Gasteiger partial charge in [0.05, 0.1) is 4.90 Å². The largest absolute Gasteiger partial charge is 0.481 e. The van der Waals surface area contributed by atoms with Crippen molar-refractivity contribution >= 4 is 25.6 Å². The molecule has 1 amide bonds. The molecule has 0 spiro atoms. The van der Waals surface area contributed by atoms with E-state index < -0.39 is 15.2 Å². The van der Waals surface area contributed by atoms with Gasteiger partial charge < -0.3 is 10.1 Å². The second-order valence-electron chi connectivity index (χ2n) is 4.45. The highest BCUT2D eigenvalue weighted by Crippen LogP contribution is 2.21. The molecule has 1 aromatic rings. The molecule has 0 aliphatic heterocycles. The maximum absolute atomic E-state index is 11.7. The smallest absolute Gasteiger partial charge is 0.261 e. The number of nitrogens with one attached hydrogen (secondary N) is 1. The van der Waals surface area contributed by atoms with E-state index in [2.05, 4.69) is 5.32 Å². The van der Waals surface area contributed by atoms with Gasteiger partial charge in [-0.2, -0.15) is 0 Å². The van der Waals surface area contributed by atoms with Gasteiger partial charge >= 0.3 is 0 Å². The molecule has 104 valence electrons. The average molecular weight is 304 g/mol. The molecule has 2 rings (SSSR count). The zero-order valence-electron chi connectivity index (χ0n) is 10.3. The number of hydrogen-bond acceptors (Lipinski definition) is 4. The van der Waals surface area contributed by atoms with Crippen molar-refractivity contribution in [2.45, 2.75) is 36.8 Å². The third-order valence-corrected chi connectivity index (χ3v) is 4.08. The van der Waals surface area contributed by atoms with Crippen molar-refractivity contribution in [2.24, 2.45) is 0 Å². The molecule has 1 aliphatic carbocycles. The number of carbonyl (C=O) groups is 1. The maximum atomic E-state index is 11.7. The van der Waals surface area contributed by atoms with Gasteiger partial charge in [-0.3, -0.25) is 4.79 Å². The Bertz CT molecular complexity index is 566. The minimum Gasteiger partial charge on any atom is -0.481 e. The van der Waals surface area contributed by atoms with E-state index in [1.54, 1.807) is 6.92 Å². The Morgan fingerprint density at radius 3 is 2.42 bits per heavy atom. The molecule has 7 heteroatoms. The summed E-state index contributed by atoms with van der Waals surface area (Å²) in [5.74, 6) is 0.249. The summed E-state index contributed by atoms with van der Waals surface area (Å²) in [6, 6.07) is 5.89. The Balaban J connectivity index is 1.96. The Kier molecular flexibility index (Phi) is 4.01. The van der Waals surface area contributed by atoms with E-state index in [1.807, 2.05) is 0 Å². The lowest BCUT2D eigenvalue weighted by molar-refractivity contribution is -0.127. The monoisotopic (exact) mass is 303 g/mol. The molecule has 0 radical (unpaired) electrons. The molecule has 1 fully saturated rings. The van der Waals surface area contributed by atoms with Crippen LogP contribution in [0.15, 0.2) is 29.2 Å². The van der Waals surface area contributed by atoms with E-state index in [-0.39, 0.29) is 16.8 Å². The van der Waals surface area contributed by atoms with Crippen molar-refractivity contribution < 1.29 is 17.9 Å². The maximum Gasteiger partial charge on any atom is 0.261 e. The average Bonchev–Trinajstić information content (AvgIpc) is 3.12. The van der Waals surface area contributed by atoms with Gasteiger partial charge in [-0.25, -0.2) is 8.42 Å². The van der Waals surface area contributed by atoms with E-state index in [9.17, 15) is 13.2 Å². The lowest BCUT2D eigenvalue weighted by Gasteiger charge is -2.14. The van der Waals surface area contributed by atoms with Crippen molar-refractivity contribution in [3.8, 4) is 5.75 Å². The molecule has 0 heterocycles. The molecule has 5 nitrogen and oxygen atoms in total. The molecular formula is C12H14ClNO4S. The fourth-order valence-electron chi connectivity index (χ4n) is 1.48. The van der Waals surface area contributed by atoms with Gasteiger partial charge in [-0.15, -0.1) is 0 Å². The van der Waals surface area contributed by atoms with Crippen LogP contribution < -0.4 is 10.1 Å². The van der Waals surface area contributed by atoms with Crippen LogP contribution in [0.5, 0.6) is 5.75 Å². The number of halogens is 1. The molecule has 1 aromatic carbocycles. The van der Waals surface area contributed by atoms with Crippen molar-refractivity contribution in [3.05, 3.63) is 24.3 Å². The molecule has 1 N–H and O–H groups in total. The topological polar surface area (TPSA) is 72.5 Å². The molecule has 0 aromatic heterocycles. The lowest BCUT2D eigenvalue weighted by Crippen LogP contribution is -2.37. The van der Waals surface area contributed by atoms with E-state index in [0.29, 0.717) is 5.75 Å². The molecule has 19 heavy (non-hydrogen) atoms. The predicted molar refractivity (Wildman–Crippen MR) is 70.7 cm³/mol. The summed E-state index contributed by atoms with van der Waals surface area (Å²) in [4.78, 5) is 11.7. The lowest BCUT2D eigenvalue weighted by atomic mass is 10.3. The Morgan fingerprint density at radius 2 is 1.95 bits per heavy atom. The molecular weight excluding hydrogens is 290 g/mol. The zero-order valence-corrected chi connectivity index (χ0v) is 11.9. The summed E-state index contributed by atoms with van der Waals surface area (Å²) >= 11 is 0. The van der Waals surface area contributed by atoms with Crippen molar-refractivity contribution in [3.63, 3.8) is 0 Å². The van der Waals surface area contributed by atoms with Gasteiger partial charge in [0.25, 0.3) is 15.0 Å². The Labute approximate surface area is 116 Å². The summed E-state index contributed by atoms with van der Waals surface area (Å²) in [5, 5.41) is 2.83. The van der Waals surface area contributed by atoms with Crippen LogP contribution in [-0.2, 0) is 13.8 Å². The number of hydrogen-bond donors (Lipinski definition) is 1. The summed E-state index contributed by atoms with van der Waals surface area (Å²) in [5.41, 5.74) is 0. The Morgan fingerprint density at radius 1 is 1.37 bits per heavy atom. The first-order valence-corrected chi connectivity index (χ1v) is 8.19. The third kappa shape index (κ3) is 4.11.